The fourth-order valence-electron chi connectivity index (χ4n) is 4.58. The molecule has 0 aromatic carbocycles. The molecular formula is C16H27N3O2. The fraction of sp³-hybridized carbons (Fsp3) is 0.875. The van der Waals surface area contributed by atoms with Crippen molar-refractivity contribution in [2.45, 2.75) is 69.7 Å². The number of carbonyl (C=O) groups excluding carboxylic acids is 1. The van der Waals surface area contributed by atoms with Crippen molar-refractivity contribution in [3.63, 3.8) is 0 Å². The number of amidine groups is 1. The SMILES string of the molecule is NC(=NO)C1(NC(=O)C2C3CCCC32)CCCCCCC1. The Morgan fingerprint density at radius 3 is 2.19 bits per heavy atom. The standard InChI is InChI=1S/C16H27N3O2/c17-15(19-21)16(9-4-2-1-3-5-10-16)18-14(20)13-11-7-6-8-12(11)13/h11-13,21H,1-10H2,(H2,17,19)(H,18,20). The molecule has 2 atom stereocenters. The Balaban J connectivity index is 1.71. The lowest BCUT2D eigenvalue weighted by Gasteiger charge is -2.35. The largest absolute Gasteiger partial charge is 0.409 e. The van der Waals surface area contributed by atoms with Crippen LogP contribution in [0.5, 0.6) is 0 Å². The summed E-state index contributed by atoms with van der Waals surface area (Å²) < 4.78 is 0. The molecule has 3 aliphatic carbocycles. The molecule has 5 nitrogen and oxygen atoms in total. The van der Waals surface area contributed by atoms with Crippen molar-refractivity contribution < 1.29 is 10.0 Å². The van der Waals surface area contributed by atoms with E-state index in [0.717, 1.165) is 38.5 Å². The molecule has 3 saturated carbocycles. The third-order valence-electron chi connectivity index (χ3n) is 5.88. The molecule has 0 heterocycles. The average Bonchev–Trinajstić information content (AvgIpc) is 2.95. The molecule has 0 aromatic heterocycles. The topological polar surface area (TPSA) is 87.7 Å². The third-order valence-corrected chi connectivity index (χ3v) is 5.88. The van der Waals surface area contributed by atoms with Crippen LogP contribution in [0.3, 0.4) is 0 Å². The normalized spacial score (nSPS) is 35.4. The van der Waals surface area contributed by atoms with Crippen LogP contribution >= 0.6 is 0 Å². The minimum absolute atomic E-state index is 0.136. The molecule has 0 radical (unpaired) electrons. The van der Waals surface area contributed by atoms with Crippen LogP contribution in [-0.4, -0.2) is 22.5 Å². The number of oxime groups is 1. The Morgan fingerprint density at radius 2 is 1.62 bits per heavy atom. The molecule has 0 bridgehead atoms. The van der Waals surface area contributed by atoms with Gasteiger partial charge in [-0.1, -0.05) is 43.7 Å². The zero-order chi connectivity index (χ0) is 14.9. The van der Waals surface area contributed by atoms with Gasteiger partial charge in [0, 0.05) is 5.92 Å². The lowest BCUT2D eigenvalue weighted by molar-refractivity contribution is -0.124. The number of nitrogens with one attached hydrogen (secondary N) is 1. The number of rotatable bonds is 3. The summed E-state index contributed by atoms with van der Waals surface area (Å²) >= 11 is 0. The molecule has 0 spiro atoms. The molecule has 3 fully saturated rings. The van der Waals surface area contributed by atoms with Crippen LogP contribution < -0.4 is 11.1 Å². The lowest BCUT2D eigenvalue weighted by atomic mass is 9.82. The van der Waals surface area contributed by atoms with E-state index < -0.39 is 5.54 Å². The Bertz CT molecular complexity index is 417. The van der Waals surface area contributed by atoms with Crippen LogP contribution in [-0.2, 0) is 4.79 Å². The van der Waals surface area contributed by atoms with Crippen molar-refractivity contribution in [2.75, 3.05) is 0 Å². The first-order valence-corrected chi connectivity index (χ1v) is 8.48. The van der Waals surface area contributed by atoms with Crippen molar-refractivity contribution in [2.24, 2.45) is 28.6 Å². The molecule has 118 valence electrons. The van der Waals surface area contributed by atoms with Gasteiger partial charge in [0.25, 0.3) is 0 Å². The molecule has 2 unspecified atom stereocenters. The maximum atomic E-state index is 12.6. The number of fused-ring (bicyclic) bond motifs is 1. The van der Waals surface area contributed by atoms with Gasteiger partial charge in [-0.05, 0) is 37.5 Å². The van der Waals surface area contributed by atoms with E-state index in [1.54, 1.807) is 0 Å². The van der Waals surface area contributed by atoms with Gasteiger partial charge in [0.1, 0.15) is 5.54 Å². The zero-order valence-electron chi connectivity index (χ0n) is 12.7. The maximum absolute atomic E-state index is 12.6. The van der Waals surface area contributed by atoms with E-state index in [-0.39, 0.29) is 17.7 Å². The summed E-state index contributed by atoms with van der Waals surface area (Å²) in [7, 11) is 0. The summed E-state index contributed by atoms with van der Waals surface area (Å²) in [6.07, 6.45) is 10.8. The van der Waals surface area contributed by atoms with Crippen molar-refractivity contribution in [3.05, 3.63) is 0 Å². The minimum atomic E-state index is -0.622. The highest BCUT2D eigenvalue weighted by Gasteiger charge is 2.57. The number of amides is 1. The summed E-state index contributed by atoms with van der Waals surface area (Å²) in [5.41, 5.74) is 5.35. The van der Waals surface area contributed by atoms with E-state index in [2.05, 4.69) is 10.5 Å². The van der Waals surface area contributed by atoms with Crippen molar-refractivity contribution in [1.29, 1.82) is 0 Å². The van der Waals surface area contributed by atoms with Crippen molar-refractivity contribution >= 4 is 11.7 Å². The minimum Gasteiger partial charge on any atom is -0.409 e. The Labute approximate surface area is 126 Å². The van der Waals surface area contributed by atoms with E-state index >= 15 is 0 Å². The van der Waals surface area contributed by atoms with Crippen LogP contribution in [0.2, 0.25) is 0 Å². The summed E-state index contributed by atoms with van der Waals surface area (Å²) in [6.45, 7) is 0. The van der Waals surface area contributed by atoms with Gasteiger partial charge in [-0.15, -0.1) is 0 Å². The predicted octanol–water partition coefficient (Wildman–Crippen LogP) is 2.38. The average molecular weight is 293 g/mol. The number of nitrogens with zero attached hydrogens (tertiary/aromatic N) is 1. The second-order valence-electron chi connectivity index (χ2n) is 7.11. The van der Waals surface area contributed by atoms with Crippen LogP contribution in [0.15, 0.2) is 5.16 Å². The first-order chi connectivity index (χ1) is 10.2. The van der Waals surface area contributed by atoms with Gasteiger partial charge in [-0.3, -0.25) is 4.79 Å². The van der Waals surface area contributed by atoms with Crippen LogP contribution in [0.1, 0.15) is 64.2 Å². The fourth-order valence-corrected chi connectivity index (χ4v) is 4.58. The molecule has 4 N–H and O–H groups in total. The van der Waals surface area contributed by atoms with Gasteiger partial charge in [0.15, 0.2) is 5.84 Å². The van der Waals surface area contributed by atoms with Gasteiger partial charge in [0.2, 0.25) is 5.91 Å². The number of carbonyl (C=O) groups is 1. The lowest BCUT2D eigenvalue weighted by Crippen LogP contribution is -2.58. The van der Waals surface area contributed by atoms with E-state index in [1.165, 1.54) is 25.7 Å². The highest BCUT2D eigenvalue weighted by molar-refractivity contribution is 5.95. The quantitative estimate of drug-likeness (QED) is 0.323. The second-order valence-corrected chi connectivity index (χ2v) is 7.11. The monoisotopic (exact) mass is 293 g/mol. The Hall–Kier alpha value is -1.26. The number of hydrogen-bond donors (Lipinski definition) is 3. The third kappa shape index (κ3) is 2.74. The molecule has 3 rings (SSSR count). The van der Waals surface area contributed by atoms with E-state index in [4.69, 9.17) is 10.9 Å². The van der Waals surface area contributed by atoms with E-state index in [0.29, 0.717) is 11.8 Å². The van der Waals surface area contributed by atoms with Crippen LogP contribution in [0.4, 0.5) is 0 Å². The molecule has 0 saturated heterocycles. The number of nitrogens with two attached hydrogens (primary N) is 1. The maximum Gasteiger partial charge on any atom is 0.224 e. The Kier molecular flexibility index (Phi) is 4.09. The molecule has 0 aromatic rings. The zero-order valence-corrected chi connectivity index (χ0v) is 12.7. The molecule has 5 heteroatoms. The second kappa shape index (κ2) is 5.85. The smallest absolute Gasteiger partial charge is 0.224 e. The highest BCUT2D eigenvalue weighted by Crippen LogP contribution is 2.57. The van der Waals surface area contributed by atoms with Crippen LogP contribution in [0.25, 0.3) is 0 Å². The first-order valence-electron chi connectivity index (χ1n) is 8.48. The van der Waals surface area contributed by atoms with Crippen molar-refractivity contribution in [1.82, 2.24) is 5.32 Å². The first kappa shape index (κ1) is 14.7. The van der Waals surface area contributed by atoms with Gasteiger partial charge in [-0.2, -0.15) is 0 Å². The molecule has 1 amide bonds. The van der Waals surface area contributed by atoms with E-state index in [1.807, 2.05) is 0 Å². The summed E-state index contributed by atoms with van der Waals surface area (Å²) in [5, 5.41) is 15.6. The summed E-state index contributed by atoms with van der Waals surface area (Å²) in [5.74, 6) is 1.71. The van der Waals surface area contributed by atoms with Gasteiger partial charge in [-0.25, -0.2) is 0 Å². The number of hydrogen-bond acceptors (Lipinski definition) is 3. The molecule has 0 aliphatic heterocycles. The van der Waals surface area contributed by atoms with Gasteiger partial charge < -0.3 is 16.3 Å². The molecule has 3 aliphatic rings. The molecule has 21 heavy (non-hydrogen) atoms. The van der Waals surface area contributed by atoms with E-state index in [9.17, 15) is 4.79 Å². The Morgan fingerprint density at radius 1 is 1.05 bits per heavy atom. The van der Waals surface area contributed by atoms with Crippen LogP contribution in [0, 0.1) is 17.8 Å². The summed E-state index contributed by atoms with van der Waals surface area (Å²) in [4.78, 5) is 12.6. The summed E-state index contributed by atoms with van der Waals surface area (Å²) in [6, 6.07) is 0. The highest BCUT2D eigenvalue weighted by atomic mass is 16.4. The van der Waals surface area contributed by atoms with Crippen molar-refractivity contribution in [3.8, 4) is 0 Å². The molecular weight excluding hydrogens is 266 g/mol. The van der Waals surface area contributed by atoms with Gasteiger partial charge in [0.05, 0.1) is 0 Å². The van der Waals surface area contributed by atoms with Gasteiger partial charge >= 0.3 is 0 Å². The predicted molar refractivity (Wildman–Crippen MR) is 80.9 cm³/mol.